The molecule has 0 heterocycles. The van der Waals surface area contributed by atoms with E-state index in [2.05, 4.69) is 67.0 Å². The molecule has 0 amide bonds. The van der Waals surface area contributed by atoms with Crippen LogP contribution in [0.2, 0.25) is 0 Å². The topological polar surface area (TPSA) is 49.7 Å². The molecule has 162 valence electrons. The van der Waals surface area contributed by atoms with Crippen LogP contribution in [0.4, 0.5) is 0 Å². The van der Waals surface area contributed by atoms with Crippen molar-refractivity contribution in [3.8, 4) is 11.1 Å². The molecule has 0 unspecified atom stereocenters. The van der Waals surface area contributed by atoms with E-state index in [4.69, 9.17) is 10.0 Å². The third-order valence-corrected chi connectivity index (χ3v) is 6.27. The molecular weight excluding hydrogens is 370 g/mol. The quantitative estimate of drug-likeness (QED) is 0.365. The average Bonchev–Trinajstić information content (AvgIpc) is 3.06. The van der Waals surface area contributed by atoms with Gasteiger partial charge in [0, 0.05) is 5.41 Å². The van der Waals surface area contributed by atoms with Crippen molar-refractivity contribution >= 4 is 15.4 Å². The minimum atomic E-state index is -0.406. The van der Waals surface area contributed by atoms with Gasteiger partial charge in [-0.05, 0) is 35.1 Å². The molecule has 30 heavy (non-hydrogen) atoms. The van der Waals surface area contributed by atoms with E-state index >= 15 is 0 Å². The highest BCUT2D eigenvalue weighted by atomic mass is 16.5. The number of hydrogen-bond donors (Lipinski definition) is 2. The van der Waals surface area contributed by atoms with Crippen molar-refractivity contribution in [1.29, 1.82) is 0 Å². The zero-order valence-electron chi connectivity index (χ0n) is 18.9. The zero-order chi connectivity index (χ0) is 21.7. The van der Waals surface area contributed by atoms with Gasteiger partial charge in [0.2, 0.25) is 0 Å². The molecule has 0 aliphatic heterocycles. The summed E-state index contributed by atoms with van der Waals surface area (Å²) in [6.45, 7) is 4.61. The van der Waals surface area contributed by atoms with Gasteiger partial charge in [-0.1, -0.05) is 114 Å². The van der Waals surface area contributed by atoms with E-state index in [1.54, 1.807) is 11.1 Å². The molecule has 0 saturated carbocycles. The molecule has 2 N–H and O–H groups in total. The SMILES string of the molecule is CCCCCCC1(CCCCCC)c2ccccc2-c2ccccc21.OBOBO. The van der Waals surface area contributed by atoms with Gasteiger partial charge in [0.15, 0.2) is 0 Å². The van der Waals surface area contributed by atoms with E-state index in [1.807, 2.05) is 0 Å². The molecule has 0 fully saturated rings. The lowest BCUT2D eigenvalue weighted by Crippen LogP contribution is -2.25. The molecule has 3 nitrogen and oxygen atoms in total. The third kappa shape index (κ3) is 6.23. The molecular formula is C25H38B2O3. The van der Waals surface area contributed by atoms with Gasteiger partial charge in [-0.2, -0.15) is 0 Å². The van der Waals surface area contributed by atoms with Crippen molar-refractivity contribution in [3.63, 3.8) is 0 Å². The highest BCUT2D eigenvalue weighted by molar-refractivity contribution is 6.32. The molecule has 2 aromatic carbocycles. The molecule has 0 aromatic heterocycles. The van der Waals surface area contributed by atoms with Crippen LogP contribution in [-0.4, -0.2) is 25.4 Å². The van der Waals surface area contributed by atoms with Crippen LogP contribution >= 0.6 is 0 Å². The van der Waals surface area contributed by atoms with Crippen LogP contribution in [0, 0.1) is 0 Å². The van der Waals surface area contributed by atoms with Crippen molar-refractivity contribution < 1.29 is 14.6 Å². The first-order valence-electron chi connectivity index (χ1n) is 11.7. The Hall–Kier alpha value is -1.55. The summed E-state index contributed by atoms with van der Waals surface area (Å²) in [5, 5.41) is 15.4. The van der Waals surface area contributed by atoms with E-state index in [-0.39, 0.29) is 5.41 Å². The Kier molecular flexibility index (Phi) is 11.3. The normalized spacial score (nSPS) is 13.1. The van der Waals surface area contributed by atoms with E-state index in [1.165, 1.54) is 75.3 Å². The predicted octanol–water partition coefficient (Wildman–Crippen LogP) is 5.41. The Morgan fingerprint density at radius 2 is 1.10 bits per heavy atom. The molecule has 0 spiro atoms. The summed E-state index contributed by atoms with van der Waals surface area (Å²) < 4.78 is 3.94. The van der Waals surface area contributed by atoms with Gasteiger partial charge < -0.3 is 14.6 Å². The number of benzene rings is 2. The van der Waals surface area contributed by atoms with E-state index < -0.39 is 15.4 Å². The van der Waals surface area contributed by atoms with Crippen LogP contribution in [0.1, 0.15) is 89.2 Å². The first-order valence-corrected chi connectivity index (χ1v) is 11.7. The standard InChI is InChI=1S/C25H34.B2H4O3/c1-3-5-7-13-19-25(20-14-8-6-4-2)23-17-11-9-15-21(23)22-16-10-12-18-24(22)25;3-1-5-2-4/h9-12,15-18H,3-8,13-14,19-20H2,1-2H3;1-4H. The Morgan fingerprint density at radius 1 is 0.667 bits per heavy atom. The average molecular weight is 408 g/mol. The van der Waals surface area contributed by atoms with E-state index in [0.717, 1.165) is 0 Å². The van der Waals surface area contributed by atoms with Crippen molar-refractivity contribution in [1.82, 2.24) is 0 Å². The second-order valence-electron chi connectivity index (χ2n) is 8.26. The predicted molar refractivity (Wildman–Crippen MR) is 130 cm³/mol. The molecule has 0 saturated heterocycles. The largest absolute Gasteiger partial charge is 0.457 e. The van der Waals surface area contributed by atoms with Crippen molar-refractivity contribution in [2.75, 3.05) is 0 Å². The van der Waals surface area contributed by atoms with Crippen LogP contribution in [0.5, 0.6) is 0 Å². The number of rotatable bonds is 12. The second-order valence-corrected chi connectivity index (χ2v) is 8.26. The zero-order valence-corrected chi connectivity index (χ0v) is 18.9. The van der Waals surface area contributed by atoms with Crippen LogP contribution in [-0.2, 0) is 9.99 Å². The first kappa shape index (κ1) is 24.7. The van der Waals surface area contributed by atoms with Crippen LogP contribution in [0.15, 0.2) is 48.5 Å². The van der Waals surface area contributed by atoms with Crippen LogP contribution < -0.4 is 0 Å². The summed E-state index contributed by atoms with van der Waals surface area (Å²) in [7, 11) is -0.812. The monoisotopic (exact) mass is 408 g/mol. The summed E-state index contributed by atoms with van der Waals surface area (Å²) in [5.41, 5.74) is 6.44. The first-order chi connectivity index (χ1) is 14.7. The molecule has 0 bridgehead atoms. The fourth-order valence-electron chi connectivity index (χ4n) is 4.83. The van der Waals surface area contributed by atoms with E-state index in [0.29, 0.717) is 0 Å². The maximum absolute atomic E-state index is 7.68. The summed E-state index contributed by atoms with van der Waals surface area (Å²) in [6.07, 6.45) is 13.4. The van der Waals surface area contributed by atoms with Gasteiger partial charge in [-0.15, -0.1) is 0 Å². The van der Waals surface area contributed by atoms with Crippen molar-refractivity contribution in [3.05, 3.63) is 59.7 Å². The highest BCUT2D eigenvalue weighted by Crippen LogP contribution is 2.53. The number of fused-ring (bicyclic) bond motifs is 3. The highest BCUT2D eigenvalue weighted by Gasteiger charge is 2.41. The summed E-state index contributed by atoms with van der Waals surface area (Å²) >= 11 is 0. The van der Waals surface area contributed by atoms with Crippen LogP contribution in [0.25, 0.3) is 11.1 Å². The third-order valence-electron chi connectivity index (χ3n) is 6.27. The minimum absolute atomic E-state index is 0.259. The maximum Gasteiger partial charge on any atom is 0.421 e. The second kappa shape index (κ2) is 13.7. The fourth-order valence-corrected chi connectivity index (χ4v) is 4.83. The smallest absolute Gasteiger partial charge is 0.421 e. The van der Waals surface area contributed by atoms with Crippen molar-refractivity contribution in [2.45, 2.75) is 83.5 Å². The maximum atomic E-state index is 7.68. The van der Waals surface area contributed by atoms with Crippen molar-refractivity contribution in [2.24, 2.45) is 0 Å². The lowest BCUT2D eigenvalue weighted by Gasteiger charge is -2.33. The lowest BCUT2D eigenvalue weighted by molar-refractivity contribution is 0.401. The van der Waals surface area contributed by atoms with Gasteiger partial charge in [0.25, 0.3) is 0 Å². The summed E-state index contributed by atoms with van der Waals surface area (Å²) in [5.74, 6) is 0. The Bertz CT molecular complexity index is 674. The van der Waals surface area contributed by atoms with Gasteiger partial charge >= 0.3 is 15.4 Å². The van der Waals surface area contributed by atoms with Gasteiger partial charge in [-0.3, -0.25) is 0 Å². The fraction of sp³-hybridized carbons (Fsp3) is 0.520. The van der Waals surface area contributed by atoms with Gasteiger partial charge in [-0.25, -0.2) is 0 Å². The Morgan fingerprint density at radius 3 is 1.47 bits per heavy atom. The molecule has 0 radical (unpaired) electrons. The minimum Gasteiger partial charge on any atom is -0.457 e. The van der Waals surface area contributed by atoms with Gasteiger partial charge in [0.05, 0.1) is 0 Å². The lowest BCUT2D eigenvalue weighted by atomic mass is 9.70. The molecule has 3 rings (SSSR count). The molecule has 5 heteroatoms. The Labute approximate surface area is 184 Å². The van der Waals surface area contributed by atoms with E-state index in [9.17, 15) is 0 Å². The number of unbranched alkanes of at least 4 members (excludes halogenated alkanes) is 6. The van der Waals surface area contributed by atoms with Gasteiger partial charge in [0.1, 0.15) is 0 Å². The molecule has 1 aliphatic carbocycles. The molecule has 1 aliphatic rings. The van der Waals surface area contributed by atoms with Crippen LogP contribution in [0.3, 0.4) is 0 Å². The number of hydrogen-bond acceptors (Lipinski definition) is 3. The summed E-state index contributed by atoms with van der Waals surface area (Å²) in [6, 6.07) is 18.4. The summed E-state index contributed by atoms with van der Waals surface area (Å²) in [4.78, 5) is 0. The Balaban J connectivity index is 0.000000575. The molecule has 2 aromatic rings. The molecule has 0 atom stereocenters.